The zero-order valence-corrected chi connectivity index (χ0v) is 11.3. The number of allylic oxidation sites excluding steroid dienone is 1. The third kappa shape index (κ3) is 3.78. The number of hydrogen-bond acceptors (Lipinski definition) is 4. The summed E-state index contributed by atoms with van der Waals surface area (Å²) < 4.78 is 0. The van der Waals surface area contributed by atoms with Gasteiger partial charge in [0.25, 0.3) is 0 Å². The van der Waals surface area contributed by atoms with Crippen molar-refractivity contribution >= 4 is 40.6 Å². The average molecular weight is 276 g/mol. The maximum absolute atomic E-state index is 5.85. The fourth-order valence-corrected chi connectivity index (χ4v) is 1.59. The Bertz CT molecular complexity index is 574. The molecule has 0 amide bonds. The summed E-state index contributed by atoms with van der Waals surface area (Å²) in [7, 11) is 1.66. The average Bonchev–Trinajstić information content (AvgIpc) is 2.36. The first kappa shape index (κ1) is 14.7. The normalized spacial score (nSPS) is 12.9. The van der Waals surface area contributed by atoms with Crippen molar-refractivity contribution in [1.82, 2.24) is 0 Å². The van der Waals surface area contributed by atoms with Gasteiger partial charge in [-0.3, -0.25) is 4.99 Å². The van der Waals surface area contributed by atoms with Crippen molar-refractivity contribution in [2.45, 2.75) is 0 Å². The second-order valence-corrected chi connectivity index (χ2v) is 4.06. The zero-order valence-electron chi connectivity index (χ0n) is 10.5. The highest BCUT2D eigenvalue weighted by Crippen LogP contribution is 2.19. The van der Waals surface area contributed by atoms with Gasteiger partial charge in [0.05, 0.1) is 0 Å². The van der Waals surface area contributed by atoms with Crippen LogP contribution in [0, 0.1) is 0 Å². The third-order valence-corrected chi connectivity index (χ3v) is 2.43. The monoisotopic (exact) mass is 276 g/mol. The highest BCUT2D eigenvalue weighted by atomic mass is 32.1. The van der Waals surface area contributed by atoms with Crippen LogP contribution in [0.2, 0.25) is 0 Å². The molecule has 0 fully saturated rings. The van der Waals surface area contributed by atoms with Crippen LogP contribution in [0.1, 0.15) is 11.1 Å². The summed E-state index contributed by atoms with van der Waals surface area (Å²) in [6, 6.07) is 5.28. The Kier molecular flexibility index (Phi) is 5.01. The number of nitrogens with zero attached hydrogens (tertiary/aromatic N) is 2. The van der Waals surface area contributed by atoms with E-state index in [1.54, 1.807) is 25.4 Å². The van der Waals surface area contributed by atoms with Gasteiger partial charge in [0.2, 0.25) is 0 Å². The van der Waals surface area contributed by atoms with Crippen LogP contribution in [0.4, 0.5) is 5.69 Å². The van der Waals surface area contributed by atoms with Crippen LogP contribution in [0.25, 0.3) is 5.57 Å². The predicted molar refractivity (Wildman–Crippen MR) is 84.9 cm³/mol. The third-order valence-electron chi connectivity index (χ3n) is 2.34. The highest BCUT2D eigenvalue weighted by Gasteiger charge is 2.07. The summed E-state index contributed by atoms with van der Waals surface area (Å²) in [6.45, 7) is 0. The molecule has 1 aromatic carbocycles. The van der Waals surface area contributed by atoms with Gasteiger partial charge < -0.3 is 22.9 Å². The van der Waals surface area contributed by atoms with Gasteiger partial charge in [0.1, 0.15) is 5.84 Å². The van der Waals surface area contributed by atoms with Gasteiger partial charge in [-0.1, -0.05) is 6.07 Å². The van der Waals surface area contributed by atoms with Crippen molar-refractivity contribution in [2.75, 3.05) is 12.8 Å². The van der Waals surface area contributed by atoms with Gasteiger partial charge in [0.15, 0.2) is 5.11 Å². The molecule has 0 aliphatic rings. The molecule has 0 heterocycles. The molecule has 0 atom stereocenters. The molecule has 7 heteroatoms. The first-order valence-electron chi connectivity index (χ1n) is 5.37. The molecule has 0 aliphatic carbocycles. The smallest absolute Gasteiger partial charge is 0.192 e. The molecule has 100 valence electrons. The molecule has 0 saturated heterocycles. The number of aliphatic imine (C=N–C) groups is 2. The second-order valence-electron chi connectivity index (χ2n) is 3.65. The summed E-state index contributed by atoms with van der Waals surface area (Å²) in [4.78, 5) is 7.74. The number of benzene rings is 1. The second kappa shape index (κ2) is 6.50. The fraction of sp³-hybridized carbons (Fsp3) is 0.0833. The van der Waals surface area contributed by atoms with Gasteiger partial charge in [-0.25, -0.2) is 4.99 Å². The van der Waals surface area contributed by atoms with E-state index in [2.05, 4.69) is 22.2 Å². The van der Waals surface area contributed by atoms with E-state index in [0.29, 0.717) is 11.3 Å². The number of hydrogen-bond donors (Lipinski definition) is 4. The maximum atomic E-state index is 5.85. The van der Waals surface area contributed by atoms with Crippen molar-refractivity contribution < 1.29 is 0 Å². The molecule has 0 unspecified atom stereocenters. The summed E-state index contributed by atoms with van der Waals surface area (Å²) in [5, 5.41) is -0.0491. The van der Waals surface area contributed by atoms with E-state index in [1.807, 2.05) is 6.07 Å². The van der Waals surface area contributed by atoms with Gasteiger partial charge in [-0.05, 0) is 29.9 Å². The summed E-state index contributed by atoms with van der Waals surface area (Å²) in [5.74, 6) is 0.164. The number of rotatable bonds is 3. The van der Waals surface area contributed by atoms with Crippen molar-refractivity contribution in [3.8, 4) is 0 Å². The van der Waals surface area contributed by atoms with Gasteiger partial charge >= 0.3 is 0 Å². The number of anilines is 1. The summed E-state index contributed by atoms with van der Waals surface area (Å²) >= 11 is 4.68. The van der Waals surface area contributed by atoms with E-state index in [-0.39, 0.29) is 10.9 Å². The standard InChI is InChI=1S/C12H16N6S/c1-17-6-8(5-13)7-2-3-10(14)9(4-7)11(15)18-12(16)19/h2-6H,13-14H2,1H3,(H4,15,16,18,19)/b8-5+,17-6?. The van der Waals surface area contributed by atoms with Crippen molar-refractivity contribution in [3.63, 3.8) is 0 Å². The lowest BCUT2D eigenvalue weighted by Crippen LogP contribution is -2.20. The van der Waals surface area contributed by atoms with Crippen LogP contribution < -0.4 is 22.9 Å². The Morgan fingerprint density at radius 3 is 2.53 bits per heavy atom. The minimum absolute atomic E-state index is 0.0491. The summed E-state index contributed by atoms with van der Waals surface area (Å²) in [6.07, 6.45) is 3.08. The molecular formula is C12H16N6S. The largest absolute Gasteiger partial charge is 0.404 e. The first-order valence-corrected chi connectivity index (χ1v) is 5.78. The topological polar surface area (TPSA) is 129 Å². The molecule has 19 heavy (non-hydrogen) atoms. The Hall–Kier alpha value is -2.41. The molecule has 0 spiro atoms. The molecule has 0 radical (unpaired) electrons. The number of nitrogen functional groups attached to an aromatic ring is 1. The Morgan fingerprint density at radius 2 is 2.00 bits per heavy atom. The molecule has 0 bridgehead atoms. The molecule has 0 saturated carbocycles. The molecular weight excluding hydrogens is 260 g/mol. The summed E-state index contributed by atoms with van der Waals surface area (Å²) in [5.41, 5.74) is 25.1. The molecule has 8 N–H and O–H groups in total. The number of amidine groups is 1. The lowest BCUT2D eigenvalue weighted by Gasteiger charge is -2.08. The van der Waals surface area contributed by atoms with Gasteiger partial charge in [0, 0.05) is 36.3 Å². The van der Waals surface area contributed by atoms with Crippen LogP contribution in [0.15, 0.2) is 34.4 Å². The Morgan fingerprint density at radius 1 is 1.32 bits per heavy atom. The van der Waals surface area contributed by atoms with Crippen molar-refractivity contribution in [2.24, 2.45) is 27.2 Å². The molecule has 0 aliphatic heterocycles. The quantitative estimate of drug-likeness (QED) is 0.271. The van der Waals surface area contributed by atoms with Crippen LogP contribution in [0.5, 0.6) is 0 Å². The molecule has 6 nitrogen and oxygen atoms in total. The van der Waals surface area contributed by atoms with E-state index in [9.17, 15) is 0 Å². The van der Waals surface area contributed by atoms with Crippen LogP contribution in [-0.2, 0) is 0 Å². The van der Waals surface area contributed by atoms with Gasteiger partial charge in [-0.15, -0.1) is 0 Å². The van der Waals surface area contributed by atoms with E-state index in [0.717, 1.165) is 11.1 Å². The molecule has 1 aromatic rings. The Balaban J connectivity index is 3.32. The zero-order chi connectivity index (χ0) is 14.4. The minimum Gasteiger partial charge on any atom is -0.404 e. The number of thiocarbonyl (C=S) groups is 1. The van der Waals surface area contributed by atoms with Crippen LogP contribution >= 0.6 is 12.2 Å². The van der Waals surface area contributed by atoms with Gasteiger partial charge in [-0.2, -0.15) is 0 Å². The maximum Gasteiger partial charge on any atom is 0.192 e. The van der Waals surface area contributed by atoms with Crippen molar-refractivity contribution in [3.05, 3.63) is 35.5 Å². The fourth-order valence-electron chi connectivity index (χ4n) is 1.49. The first-order chi connectivity index (χ1) is 8.99. The van der Waals surface area contributed by atoms with E-state index in [1.165, 1.54) is 6.20 Å². The highest BCUT2D eigenvalue weighted by molar-refractivity contribution is 7.80. The predicted octanol–water partition coefficient (Wildman–Crippen LogP) is 0.218. The van der Waals surface area contributed by atoms with Crippen LogP contribution in [0.3, 0.4) is 0 Å². The lowest BCUT2D eigenvalue weighted by atomic mass is 10.0. The van der Waals surface area contributed by atoms with Crippen molar-refractivity contribution in [1.29, 1.82) is 0 Å². The molecule has 1 rings (SSSR count). The van der Waals surface area contributed by atoms with E-state index < -0.39 is 0 Å². The lowest BCUT2D eigenvalue weighted by molar-refractivity contribution is 1.46. The minimum atomic E-state index is -0.0491. The Labute approximate surface area is 116 Å². The number of nitrogens with two attached hydrogens (primary N) is 4. The van der Waals surface area contributed by atoms with Crippen LogP contribution in [-0.4, -0.2) is 24.2 Å². The molecule has 0 aromatic heterocycles. The van der Waals surface area contributed by atoms with E-state index in [4.69, 9.17) is 22.9 Å². The SMILES string of the molecule is CN=C/C(=C\N)c1ccc(N)c(/C(N)=N/C(N)=S)c1. The van der Waals surface area contributed by atoms with E-state index >= 15 is 0 Å².